The van der Waals surface area contributed by atoms with Crippen LogP contribution in [-0.4, -0.2) is 17.1 Å². The average molecular weight is 331 g/mol. The molecule has 25 heavy (non-hydrogen) atoms. The highest BCUT2D eigenvalue weighted by atomic mass is 16.3. The molecule has 2 N–H and O–H groups in total. The highest BCUT2D eigenvalue weighted by molar-refractivity contribution is 5.96. The number of aromatic nitrogens is 1. The number of carbonyl (C=O) groups excluding carboxylic acids is 1. The van der Waals surface area contributed by atoms with Crippen LogP contribution in [0.1, 0.15) is 16.1 Å². The molecule has 2 aromatic heterocycles. The fourth-order valence-electron chi connectivity index (χ4n) is 2.57. The number of pyridine rings is 1. The van der Waals surface area contributed by atoms with Crippen LogP contribution in [0.25, 0.3) is 21.9 Å². The first-order valence-corrected chi connectivity index (χ1v) is 7.65. The standard InChI is InChI=1S/C19H13N3O3/c23-18-14(9-12-5-1-3-7-15(12)21-18)11-20-22-19(24)17-10-13-6-2-4-8-16(13)25-17/h1-11H,(H,21,23)(H,22,24)/b20-11-. The Morgan fingerprint density at radius 2 is 1.80 bits per heavy atom. The summed E-state index contributed by atoms with van der Waals surface area (Å²) in [6, 6.07) is 18.1. The Kier molecular flexibility index (Phi) is 3.63. The highest BCUT2D eigenvalue weighted by Crippen LogP contribution is 2.18. The second-order valence-corrected chi connectivity index (χ2v) is 5.49. The maximum absolute atomic E-state index is 12.1. The maximum Gasteiger partial charge on any atom is 0.307 e. The van der Waals surface area contributed by atoms with Gasteiger partial charge in [0.25, 0.3) is 5.56 Å². The SMILES string of the molecule is O=C(N/N=C\c1cc2ccccc2[nH]c1=O)c1cc2ccccc2o1. The van der Waals surface area contributed by atoms with Crippen LogP contribution >= 0.6 is 0 Å². The minimum absolute atomic E-state index is 0.158. The predicted octanol–water partition coefficient (Wildman–Crippen LogP) is 3.04. The van der Waals surface area contributed by atoms with Crippen molar-refractivity contribution in [2.24, 2.45) is 5.10 Å². The molecule has 1 amide bonds. The van der Waals surface area contributed by atoms with E-state index in [4.69, 9.17) is 4.42 Å². The van der Waals surface area contributed by atoms with Crippen molar-refractivity contribution in [3.63, 3.8) is 0 Å². The first-order valence-electron chi connectivity index (χ1n) is 7.65. The number of nitrogens with zero attached hydrogens (tertiary/aromatic N) is 1. The topological polar surface area (TPSA) is 87.5 Å². The van der Waals surface area contributed by atoms with Crippen molar-refractivity contribution < 1.29 is 9.21 Å². The molecular formula is C19H13N3O3. The number of aromatic amines is 1. The molecule has 0 saturated heterocycles. The molecule has 0 saturated carbocycles. The van der Waals surface area contributed by atoms with Gasteiger partial charge in [-0.15, -0.1) is 0 Å². The van der Waals surface area contributed by atoms with E-state index in [1.54, 1.807) is 18.2 Å². The van der Waals surface area contributed by atoms with Crippen LogP contribution in [0.4, 0.5) is 0 Å². The zero-order valence-electron chi connectivity index (χ0n) is 13.0. The van der Waals surface area contributed by atoms with Crippen LogP contribution in [0.3, 0.4) is 0 Å². The summed E-state index contributed by atoms with van der Waals surface area (Å²) in [5.41, 5.74) is 3.81. The summed E-state index contributed by atoms with van der Waals surface area (Å²) >= 11 is 0. The fraction of sp³-hybridized carbons (Fsp3) is 0. The van der Waals surface area contributed by atoms with Crippen molar-refractivity contribution in [1.29, 1.82) is 0 Å². The Morgan fingerprint density at radius 1 is 1.04 bits per heavy atom. The van der Waals surface area contributed by atoms with Crippen LogP contribution < -0.4 is 11.0 Å². The minimum atomic E-state index is -0.482. The highest BCUT2D eigenvalue weighted by Gasteiger charge is 2.11. The Balaban J connectivity index is 1.55. The Bertz CT molecular complexity index is 1140. The lowest BCUT2D eigenvalue weighted by atomic mass is 10.2. The van der Waals surface area contributed by atoms with Gasteiger partial charge in [-0.2, -0.15) is 5.10 Å². The third-order valence-corrected chi connectivity index (χ3v) is 3.80. The molecular weight excluding hydrogens is 318 g/mol. The Labute approximate surface area is 141 Å². The van der Waals surface area contributed by atoms with E-state index in [-0.39, 0.29) is 11.3 Å². The van der Waals surface area contributed by atoms with Gasteiger partial charge in [-0.1, -0.05) is 36.4 Å². The number of furan rings is 1. The fourth-order valence-corrected chi connectivity index (χ4v) is 2.57. The largest absolute Gasteiger partial charge is 0.451 e. The summed E-state index contributed by atoms with van der Waals surface area (Å²) in [4.78, 5) is 26.9. The number of fused-ring (bicyclic) bond motifs is 2. The van der Waals surface area contributed by atoms with Crippen molar-refractivity contribution >= 4 is 34.0 Å². The van der Waals surface area contributed by atoms with Gasteiger partial charge in [0, 0.05) is 10.9 Å². The van der Waals surface area contributed by atoms with E-state index in [1.807, 2.05) is 42.5 Å². The molecule has 0 aliphatic rings. The number of para-hydroxylation sites is 2. The van der Waals surface area contributed by atoms with Crippen molar-refractivity contribution in [2.75, 3.05) is 0 Å². The Hall–Kier alpha value is -3.67. The molecule has 4 rings (SSSR count). The quantitative estimate of drug-likeness (QED) is 0.447. The van der Waals surface area contributed by atoms with Crippen LogP contribution in [0.15, 0.2) is 75.0 Å². The first-order chi connectivity index (χ1) is 12.2. The van der Waals surface area contributed by atoms with Crippen LogP contribution in [-0.2, 0) is 0 Å². The maximum atomic E-state index is 12.1. The number of rotatable bonds is 3. The van der Waals surface area contributed by atoms with E-state index >= 15 is 0 Å². The van der Waals surface area contributed by atoms with E-state index in [2.05, 4.69) is 15.5 Å². The molecule has 6 heteroatoms. The molecule has 122 valence electrons. The molecule has 2 aromatic carbocycles. The van der Waals surface area contributed by atoms with Gasteiger partial charge in [0.15, 0.2) is 5.76 Å². The van der Waals surface area contributed by atoms with Gasteiger partial charge in [0.2, 0.25) is 0 Å². The van der Waals surface area contributed by atoms with Gasteiger partial charge in [-0.3, -0.25) is 9.59 Å². The van der Waals surface area contributed by atoms with Gasteiger partial charge in [-0.25, -0.2) is 5.43 Å². The summed E-state index contributed by atoms with van der Waals surface area (Å²) in [6.07, 6.45) is 1.31. The lowest BCUT2D eigenvalue weighted by molar-refractivity contribution is 0.0929. The van der Waals surface area contributed by atoms with Crippen molar-refractivity contribution in [3.05, 3.63) is 82.3 Å². The van der Waals surface area contributed by atoms with E-state index in [0.29, 0.717) is 11.1 Å². The molecule has 0 atom stereocenters. The summed E-state index contributed by atoms with van der Waals surface area (Å²) in [5.74, 6) is -0.324. The summed E-state index contributed by atoms with van der Waals surface area (Å²) in [5, 5.41) is 5.57. The molecule has 6 nitrogen and oxygen atoms in total. The second-order valence-electron chi connectivity index (χ2n) is 5.49. The second kappa shape index (κ2) is 6.09. The number of hydrogen-bond acceptors (Lipinski definition) is 4. The average Bonchev–Trinajstić information content (AvgIpc) is 3.06. The molecule has 0 fully saturated rings. The van der Waals surface area contributed by atoms with Crippen molar-refractivity contribution in [2.45, 2.75) is 0 Å². The number of benzene rings is 2. The zero-order chi connectivity index (χ0) is 17.2. The van der Waals surface area contributed by atoms with Crippen molar-refractivity contribution in [3.8, 4) is 0 Å². The van der Waals surface area contributed by atoms with E-state index in [0.717, 1.165) is 16.3 Å². The van der Waals surface area contributed by atoms with Gasteiger partial charge >= 0.3 is 5.91 Å². The summed E-state index contributed by atoms with van der Waals surface area (Å²) < 4.78 is 5.46. The third kappa shape index (κ3) is 2.92. The zero-order valence-corrected chi connectivity index (χ0v) is 13.0. The van der Waals surface area contributed by atoms with E-state index in [1.165, 1.54) is 6.21 Å². The normalized spacial score (nSPS) is 11.4. The van der Waals surface area contributed by atoms with Gasteiger partial charge < -0.3 is 9.40 Å². The molecule has 4 aromatic rings. The van der Waals surface area contributed by atoms with E-state index in [9.17, 15) is 9.59 Å². The van der Waals surface area contributed by atoms with E-state index < -0.39 is 5.91 Å². The number of nitrogens with one attached hydrogen (secondary N) is 2. The summed E-state index contributed by atoms with van der Waals surface area (Å²) in [6.45, 7) is 0. The third-order valence-electron chi connectivity index (χ3n) is 3.80. The summed E-state index contributed by atoms with van der Waals surface area (Å²) in [7, 11) is 0. The molecule has 2 heterocycles. The predicted molar refractivity (Wildman–Crippen MR) is 95.8 cm³/mol. The number of H-pyrrole nitrogens is 1. The first kappa shape index (κ1) is 14.9. The molecule has 0 aliphatic heterocycles. The van der Waals surface area contributed by atoms with Crippen LogP contribution in [0.5, 0.6) is 0 Å². The molecule has 0 unspecified atom stereocenters. The number of hydrazone groups is 1. The molecule has 0 aliphatic carbocycles. The molecule has 0 spiro atoms. The van der Waals surface area contributed by atoms with Crippen LogP contribution in [0.2, 0.25) is 0 Å². The van der Waals surface area contributed by atoms with Gasteiger partial charge in [0.1, 0.15) is 5.58 Å². The van der Waals surface area contributed by atoms with Gasteiger partial charge in [0.05, 0.1) is 11.8 Å². The number of amides is 1. The molecule has 0 bridgehead atoms. The lowest BCUT2D eigenvalue weighted by Crippen LogP contribution is -2.18. The molecule has 0 radical (unpaired) electrons. The lowest BCUT2D eigenvalue weighted by Gasteiger charge is -1.99. The monoisotopic (exact) mass is 331 g/mol. The smallest absolute Gasteiger partial charge is 0.307 e. The number of hydrogen-bond donors (Lipinski definition) is 2. The number of carbonyl (C=O) groups is 1. The van der Waals surface area contributed by atoms with Gasteiger partial charge in [-0.05, 0) is 29.7 Å². The van der Waals surface area contributed by atoms with Crippen LogP contribution in [0, 0.1) is 0 Å². The minimum Gasteiger partial charge on any atom is -0.451 e. The Morgan fingerprint density at radius 3 is 2.64 bits per heavy atom. The van der Waals surface area contributed by atoms with Crippen molar-refractivity contribution in [1.82, 2.24) is 10.4 Å².